The Morgan fingerprint density at radius 2 is 1.95 bits per heavy atom. The van der Waals surface area contributed by atoms with E-state index in [2.05, 4.69) is 39.7 Å². The molecule has 116 valence electrons. The fourth-order valence-corrected chi connectivity index (χ4v) is 2.10. The minimum Gasteiger partial charge on any atom is -0.366 e. The maximum atomic E-state index is 12.0. The largest absolute Gasteiger partial charge is 0.366 e. The van der Waals surface area contributed by atoms with E-state index in [-0.39, 0.29) is 5.91 Å². The standard InChI is InChI=1S/C17H22N4O/c1-4-9-18-17(22)15-10-16(21-13(3)20-15)19-11-14-8-6-5-7-12(14)2/h5-8,10H,4,9,11H2,1-3H3,(H,18,22)(H,19,20,21). The molecule has 2 N–H and O–H groups in total. The molecule has 1 heterocycles. The van der Waals surface area contributed by atoms with Gasteiger partial charge in [0, 0.05) is 19.2 Å². The van der Waals surface area contributed by atoms with E-state index >= 15 is 0 Å². The van der Waals surface area contributed by atoms with Crippen molar-refractivity contribution in [1.29, 1.82) is 0 Å². The number of amides is 1. The zero-order valence-electron chi connectivity index (χ0n) is 13.3. The van der Waals surface area contributed by atoms with Crippen molar-refractivity contribution in [2.75, 3.05) is 11.9 Å². The smallest absolute Gasteiger partial charge is 0.270 e. The summed E-state index contributed by atoms with van der Waals surface area (Å²) in [5.41, 5.74) is 2.82. The van der Waals surface area contributed by atoms with Gasteiger partial charge in [-0.05, 0) is 31.4 Å². The summed E-state index contributed by atoms with van der Waals surface area (Å²) in [6.07, 6.45) is 0.897. The number of hydrogen-bond donors (Lipinski definition) is 2. The predicted molar refractivity (Wildman–Crippen MR) is 87.9 cm³/mol. The lowest BCUT2D eigenvalue weighted by atomic mass is 10.1. The van der Waals surface area contributed by atoms with E-state index < -0.39 is 0 Å². The molecule has 2 aromatic rings. The van der Waals surface area contributed by atoms with Crippen molar-refractivity contribution in [3.8, 4) is 0 Å². The van der Waals surface area contributed by atoms with Gasteiger partial charge in [-0.25, -0.2) is 9.97 Å². The van der Waals surface area contributed by atoms with Crippen molar-refractivity contribution in [3.05, 3.63) is 53.0 Å². The zero-order valence-corrected chi connectivity index (χ0v) is 13.3. The first-order valence-electron chi connectivity index (χ1n) is 7.52. The molecule has 2 rings (SSSR count). The molecule has 0 saturated carbocycles. The Labute approximate surface area is 131 Å². The Balaban J connectivity index is 2.09. The Morgan fingerprint density at radius 3 is 2.68 bits per heavy atom. The summed E-state index contributed by atoms with van der Waals surface area (Å²) in [7, 11) is 0. The van der Waals surface area contributed by atoms with Gasteiger partial charge in [0.25, 0.3) is 5.91 Å². The van der Waals surface area contributed by atoms with Gasteiger partial charge in [-0.1, -0.05) is 31.2 Å². The summed E-state index contributed by atoms with van der Waals surface area (Å²) in [5, 5.41) is 6.09. The Bertz CT molecular complexity index is 655. The van der Waals surface area contributed by atoms with Gasteiger partial charge >= 0.3 is 0 Å². The van der Waals surface area contributed by atoms with E-state index in [1.165, 1.54) is 11.1 Å². The summed E-state index contributed by atoms with van der Waals surface area (Å²) in [6.45, 7) is 7.19. The van der Waals surface area contributed by atoms with E-state index in [0.717, 1.165) is 6.42 Å². The molecule has 5 heteroatoms. The maximum Gasteiger partial charge on any atom is 0.270 e. The highest BCUT2D eigenvalue weighted by molar-refractivity contribution is 5.92. The molecule has 1 aromatic carbocycles. The average Bonchev–Trinajstić information content (AvgIpc) is 2.51. The molecule has 0 radical (unpaired) electrons. The number of nitrogens with one attached hydrogen (secondary N) is 2. The van der Waals surface area contributed by atoms with Gasteiger partial charge in [-0.15, -0.1) is 0 Å². The zero-order chi connectivity index (χ0) is 15.9. The lowest BCUT2D eigenvalue weighted by Gasteiger charge is -2.10. The van der Waals surface area contributed by atoms with Gasteiger partial charge in [0.2, 0.25) is 0 Å². The molecule has 0 fully saturated rings. The van der Waals surface area contributed by atoms with Crippen LogP contribution in [0.3, 0.4) is 0 Å². The average molecular weight is 298 g/mol. The van der Waals surface area contributed by atoms with Crippen LogP contribution in [-0.4, -0.2) is 22.4 Å². The van der Waals surface area contributed by atoms with Gasteiger partial charge in [-0.3, -0.25) is 4.79 Å². The van der Waals surface area contributed by atoms with E-state index in [1.54, 1.807) is 13.0 Å². The minimum atomic E-state index is -0.161. The summed E-state index contributed by atoms with van der Waals surface area (Å²) < 4.78 is 0. The molecule has 1 amide bonds. The van der Waals surface area contributed by atoms with Crippen LogP contribution >= 0.6 is 0 Å². The fraction of sp³-hybridized carbons (Fsp3) is 0.353. The summed E-state index contributed by atoms with van der Waals surface area (Å²) in [4.78, 5) is 20.5. The molecule has 0 aliphatic rings. The number of hydrogen-bond acceptors (Lipinski definition) is 4. The number of carbonyl (C=O) groups is 1. The first-order valence-corrected chi connectivity index (χ1v) is 7.52. The van der Waals surface area contributed by atoms with Crippen LogP contribution in [0.15, 0.2) is 30.3 Å². The molecule has 0 spiro atoms. The van der Waals surface area contributed by atoms with E-state index in [9.17, 15) is 4.79 Å². The molecule has 0 saturated heterocycles. The molecule has 0 bridgehead atoms. The Kier molecular flexibility index (Phi) is 5.47. The Morgan fingerprint density at radius 1 is 1.18 bits per heavy atom. The van der Waals surface area contributed by atoms with Crippen LogP contribution in [0.25, 0.3) is 0 Å². The first kappa shape index (κ1) is 15.9. The van der Waals surface area contributed by atoms with E-state index in [4.69, 9.17) is 0 Å². The van der Waals surface area contributed by atoms with Crippen molar-refractivity contribution in [1.82, 2.24) is 15.3 Å². The number of benzene rings is 1. The molecule has 22 heavy (non-hydrogen) atoms. The molecule has 1 aromatic heterocycles. The van der Waals surface area contributed by atoms with Crippen LogP contribution in [0.2, 0.25) is 0 Å². The lowest BCUT2D eigenvalue weighted by molar-refractivity contribution is 0.0948. The van der Waals surface area contributed by atoms with Crippen LogP contribution in [0.1, 0.15) is 40.8 Å². The molecule has 0 unspecified atom stereocenters. The van der Waals surface area contributed by atoms with Crippen molar-refractivity contribution in [2.24, 2.45) is 0 Å². The quantitative estimate of drug-likeness (QED) is 0.860. The topological polar surface area (TPSA) is 66.9 Å². The first-order chi connectivity index (χ1) is 10.6. The van der Waals surface area contributed by atoms with Crippen molar-refractivity contribution < 1.29 is 4.79 Å². The SMILES string of the molecule is CCCNC(=O)c1cc(NCc2ccccc2C)nc(C)n1. The third kappa shape index (κ3) is 4.28. The van der Waals surface area contributed by atoms with Crippen LogP contribution in [-0.2, 0) is 6.54 Å². The molecule has 0 aliphatic heterocycles. The van der Waals surface area contributed by atoms with Gasteiger partial charge in [-0.2, -0.15) is 0 Å². The number of anilines is 1. The van der Waals surface area contributed by atoms with Crippen LogP contribution in [0.5, 0.6) is 0 Å². The summed E-state index contributed by atoms with van der Waals surface area (Å²) in [5.74, 6) is 1.08. The maximum absolute atomic E-state index is 12.0. The van der Waals surface area contributed by atoms with E-state index in [1.807, 2.05) is 19.1 Å². The van der Waals surface area contributed by atoms with E-state index in [0.29, 0.717) is 30.4 Å². The van der Waals surface area contributed by atoms with Crippen LogP contribution in [0, 0.1) is 13.8 Å². The molecule has 0 atom stereocenters. The minimum absolute atomic E-state index is 0.161. The number of carbonyl (C=O) groups excluding carboxylic acids is 1. The van der Waals surface area contributed by atoms with Crippen molar-refractivity contribution in [3.63, 3.8) is 0 Å². The molecular formula is C17H22N4O. The second kappa shape index (κ2) is 7.54. The second-order valence-corrected chi connectivity index (χ2v) is 5.22. The van der Waals surface area contributed by atoms with Crippen molar-refractivity contribution in [2.45, 2.75) is 33.7 Å². The molecular weight excluding hydrogens is 276 g/mol. The lowest BCUT2D eigenvalue weighted by Crippen LogP contribution is -2.25. The van der Waals surface area contributed by atoms with Gasteiger partial charge in [0.15, 0.2) is 0 Å². The predicted octanol–water partition coefficient (Wildman–Crippen LogP) is 2.85. The number of nitrogens with zero attached hydrogens (tertiary/aromatic N) is 2. The van der Waals surface area contributed by atoms with Crippen LogP contribution in [0.4, 0.5) is 5.82 Å². The fourth-order valence-electron chi connectivity index (χ4n) is 2.10. The molecule has 0 aliphatic carbocycles. The third-order valence-electron chi connectivity index (χ3n) is 3.33. The van der Waals surface area contributed by atoms with Crippen molar-refractivity contribution >= 4 is 11.7 Å². The summed E-state index contributed by atoms with van der Waals surface area (Å²) >= 11 is 0. The Hall–Kier alpha value is -2.43. The van der Waals surface area contributed by atoms with Gasteiger partial charge in [0.05, 0.1) is 0 Å². The summed E-state index contributed by atoms with van der Waals surface area (Å²) in [6, 6.07) is 9.87. The van der Waals surface area contributed by atoms with Gasteiger partial charge in [0.1, 0.15) is 17.3 Å². The van der Waals surface area contributed by atoms with Gasteiger partial charge < -0.3 is 10.6 Å². The molecule has 5 nitrogen and oxygen atoms in total. The third-order valence-corrected chi connectivity index (χ3v) is 3.33. The highest BCUT2D eigenvalue weighted by atomic mass is 16.1. The second-order valence-electron chi connectivity index (χ2n) is 5.22. The number of aromatic nitrogens is 2. The normalized spacial score (nSPS) is 10.3. The highest BCUT2D eigenvalue weighted by Gasteiger charge is 2.10. The number of rotatable bonds is 6. The monoisotopic (exact) mass is 298 g/mol. The number of aryl methyl sites for hydroxylation is 2. The van der Waals surface area contributed by atoms with Crippen LogP contribution < -0.4 is 10.6 Å². The highest BCUT2D eigenvalue weighted by Crippen LogP contribution is 2.11.